The molecule has 3 aliphatic rings. The van der Waals surface area contributed by atoms with E-state index in [0.29, 0.717) is 25.3 Å². The highest BCUT2D eigenvalue weighted by Gasteiger charge is 2.72. The van der Waals surface area contributed by atoms with Crippen molar-refractivity contribution in [2.45, 2.75) is 30.7 Å². The topological polar surface area (TPSA) is 63.3 Å². The zero-order chi connectivity index (χ0) is 14.0. The van der Waals surface area contributed by atoms with Gasteiger partial charge >= 0.3 is 5.97 Å². The zero-order valence-corrected chi connectivity index (χ0v) is 9.92. The smallest absolute Gasteiger partial charge is 0.321 e. The molecule has 0 spiro atoms. The van der Waals surface area contributed by atoms with Gasteiger partial charge in [0.1, 0.15) is 11.9 Å². The molecule has 3 N–H and O–H groups in total. The first kappa shape index (κ1) is 12.5. The van der Waals surface area contributed by atoms with Gasteiger partial charge in [0.15, 0.2) is 11.6 Å². The Morgan fingerprint density at radius 3 is 2.21 bits per heavy atom. The number of hydrogen-bond acceptors (Lipinski definition) is 2. The number of benzene rings is 1. The summed E-state index contributed by atoms with van der Waals surface area (Å²) in [5.41, 5.74) is 4.65. The first-order chi connectivity index (χ1) is 8.80. The van der Waals surface area contributed by atoms with Crippen molar-refractivity contribution in [1.82, 2.24) is 0 Å². The van der Waals surface area contributed by atoms with Crippen LogP contribution in [-0.2, 0) is 10.2 Å². The summed E-state index contributed by atoms with van der Waals surface area (Å²) in [5.74, 6) is -4.17. The van der Waals surface area contributed by atoms with E-state index >= 15 is 0 Å². The standard InChI is InChI=1S/C13H12F3NO2/c14-7-2-9(16)8(15)1-6(7)12-3-13(4-12,5-12)10(17)11(18)19/h1-2,10H,3-5,17H2,(H,18,19). The quantitative estimate of drug-likeness (QED) is 0.826. The maximum atomic E-state index is 13.7. The molecule has 3 fully saturated rings. The van der Waals surface area contributed by atoms with Crippen LogP contribution in [-0.4, -0.2) is 17.1 Å². The van der Waals surface area contributed by atoms with Crippen molar-refractivity contribution >= 4 is 5.97 Å². The van der Waals surface area contributed by atoms with Crippen molar-refractivity contribution in [3.63, 3.8) is 0 Å². The Hall–Kier alpha value is -1.56. The van der Waals surface area contributed by atoms with Gasteiger partial charge in [0, 0.05) is 11.5 Å². The molecule has 0 heterocycles. The Morgan fingerprint density at radius 1 is 1.16 bits per heavy atom. The van der Waals surface area contributed by atoms with Crippen molar-refractivity contribution in [3.8, 4) is 0 Å². The molecule has 1 unspecified atom stereocenters. The molecular weight excluding hydrogens is 259 g/mol. The van der Waals surface area contributed by atoms with Gasteiger partial charge < -0.3 is 10.8 Å². The highest BCUT2D eigenvalue weighted by atomic mass is 19.2. The minimum Gasteiger partial charge on any atom is -0.480 e. The van der Waals surface area contributed by atoms with Crippen LogP contribution in [0, 0.1) is 22.9 Å². The molecule has 3 saturated carbocycles. The fourth-order valence-electron chi connectivity index (χ4n) is 3.67. The van der Waals surface area contributed by atoms with Crippen molar-refractivity contribution in [3.05, 3.63) is 35.1 Å². The van der Waals surface area contributed by atoms with Crippen LogP contribution in [0.5, 0.6) is 0 Å². The largest absolute Gasteiger partial charge is 0.480 e. The molecule has 0 amide bonds. The molecule has 6 heteroatoms. The number of nitrogens with two attached hydrogens (primary N) is 1. The molecule has 0 saturated heterocycles. The van der Waals surface area contributed by atoms with E-state index in [1.165, 1.54) is 0 Å². The summed E-state index contributed by atoms with van der Waals surface area (Å²) in [6.07, 6.45) is 1.24. The Labute approximate surface area is 107 Å². The van der Waals surface area contributed by atoms with Crippen LogP contribution in [0.1, 0.15) is 24.8 Å². The fourth-order valence-corrected chi connectivity index (χ4v) is 3.67. The molecule has 102 valence electrons. The van der Waals surface area contributed by atoms with Gasteiger partial charge in [-0.15, -0.1) is 0 Å². The Bertz CT molecular complexity index is 568. The second kappa shape index (κ2) is 3.50. The van der Waals surface area contributed by atoms with Crippen molar-refractivity contribution in [2.75, 3.05) is 0 Å². The van der Waals surface area contributed by atoms with Gasteiger partial charge in [-0.25, -0.2) is 13.2 Å². The molecule has 1 aromatic rings. The van der Waals surface area contributed by atoms with Gasteiger partial charge in [-0.2, -0.15) is 0 Å². The normalized spacial score (nSPS) is 33.3. The maximum Gasteiger partial charge on any atom is 0.321 e. The summed E-state index contributed by atoms with van der Waals surface area (Å²) in [6.45, 7) is 0. The number of carboxylic acid groups (broad SMARTS) is 1. The third-order valence-electron chi connectivity index (χ3n) is 4.58. The lowest BCUT2D eigenvalue weighted by atomic mass is 9.31. The summed E-state index contributed by atoms with van der Waals surface area (Å²) in [7, 11) is 0. The average Bonchev–Trinajstić information content (AvgIpc) is 2.21. The van der Waals surface area contributed by atoms with E-state index in [0.717, 1.165) is 6.07 Å². The zero-order valence-electron chi connectivity index (χ0n) is 9.92. The summed E-state index contributed by atoms with van der Waals surface area (Å²) in [4.78, 5) is 10.9. The molecule has 4 rings (SSSR count). The van der Waals surface area contributed by atoms with Crippen LogP contribution in [0.2, 0.25) is 0 Å². The van der Waals surface area contributed by atoms with Gasteiger partial charge in [0.2, 0.25) is 0 Å². The fraction of sp³-hybridized carbons (Fsp3) is 0.462. The Kier molecular flexibility index (Phi) is 2.30. The summed E-state index contributed by atoms with van der Waals surface area (Å²) < 4.78 is 39.8. The molecule has 3 aliphatic carbocycles. The molecule has 3 nitrogen and oxygen atoms in total. The molecule has 2 bridgehead atoms. The summed E-state index contributed by atoms with van der Waals surface area (Å²) in [6, 6.07) is 0.428. The third-order valence-corrected chi connectivity index (χ3v) is 4.58. The average molecular weight is 271 g/mol. The van der Waals surface area contributed by atoms with E-state index in [2.05, 4.69) is 0 Å². The van der Waals surface area contributed by atoms with Gasteiger partial charge in [0.05, 0.1) is 0 Å². The van der Waals surface area contributed by atoms with Crippen LogP contribution in [0.15, 0.2) is 12.1 Å². The van der Waals surface area contributed by atoms with E-state index in [1.54, 1.807) is 0 Å². The number of carbonyl (C=O) groups is 1. The van der Waals surface area contributed by atoms with E-state index in [9.17, 15) is 18.0 Å². The molecular formula is C13H12F3NO2. The second-order valence-corrected chi connectivity index (χ2v) is 5.74. The van der Waals surface area contributed by atoms with Gasteiger partial charge in [0.25, 0.3) is 0 Å². The predicted molar refractivity (Wildman–Crippen MR) is 59.9 cm³/mol. The number of carboxylic acids is 1. The molecule has 0 aliphatic heterocycles. The van der Waals surface area contributed by atoms with E-state index in [4.69, 9.17) is 10.8 Å². The number of halogens is 3. The van der Waals surface area contributed by atoms with Crippen LogP contribution in [0.3, 0.4) is 0 Å². The lowest BCUT2D eigenvalue weighted by Gasteiger charge is -2.72. The Balaban J connectivity index is 1.86. The summed E-state index contributed by atoms with van der Waals surface area (Å²) in [5, 5.41) is 8.89. The minimum absolute atomic E-state index is 0.130. The molecule has 1 aromatic carbocycles. The summed E-state index contributed by atoms with van der Waals surface area (Å²) >= 11 is 0. The predicted octanol–water partition coefficient (Wildman–Crippen LogP) is 1.94. The number of rotatable bonds is 3. The van der Waals surface area contributed by atoms with Gasteiger partial charge in [-0.1, -0.05) is 0 Å². The lowest BCUT2D eigenvalue weighted by Crippen LogP contribution is -2.72. The van der Waals surface area contributed by atoms with Crippen molar-refractivity contribution in [2.24, 2.45) is 11.1 Å². The number of hydrogen-bond donors (Lipinski definition) is 2. The monoisotopic (exact) mass is 271 g/mol. The van der Waals surface area contributed by atoms with Crippen LogP contribution in [0.25, 0.3) is 0 Å². The first-order valence-corrected chi connectivity index (χ1v) is 5.93. The molecule has 1 atom stereocenters. The van der Waals surface area contributed by atoms with E-state index in [1.807, 2.05) is 0 Å². The van der Waals surface area contributed by atoms with Crippen LogP contribution in [0.4, 0.5) is 13.2 Å². The highest BCUT2D eigenvalue weighted by Crippen LogP contribution is 2.74. The van der Waals surface area contributed by atoms with Crippen molar-refractivity contribution in [1.29, 1.82) is 0 Å². The molecule has 0 aromatic heterocycles. The third kappa shape index (κ3) is 1.46. The Morgan fingerprint density at radius 2 is 1.68 bits per heavy atom. The SMILES string of the molecule is NC(C(=O)O)C12CC(c3cc(F)c(F)cc3F)(C1)C2. The van der Waals surface area contributed by atoms with E-state index < -0.39 is 40.3 Å². The van der Waals surface area contributed by atoms with Crippen LogP contribution >= 0.6 is 0 Å². The molecule has 0 radical (unpaired) electrons. The second-order valence-electron chi connectivity index (χ2n) is 5.74. The molecule has 19 heavy (non-hydrogen) atoms. The minimum atomic E-state index is -1.22. The number of aliphatic carboxylic acids is 1. The van der Waals surface area contributed by atoms with Gasteiger partial charge in [-0.05, 0) is 36.3 Å². The van der Waals surface area contributed by atoms with Gasteiger partial charge in [-0.3, -0.25) is 4.79 Å². The maximum absolute atomic E-state index is 13.7. The van der Waals surface area contributed by atoms with Crippen LogP contribution < -0.4 is 5.73 Å². The highest BCUT2D eigenvalue weighted by molar-refractivity contribution is 5.76. The first-order valence-electron chi connectivity index (χ1n) is 5.93. The van der Waals surface area contributed by atoms with E-state index in [-0.39, 0.29) is 5.56 Å². The van der Waals surface area contributed by atoms with Crippen molar-refractivity contribution < 1.29 is 23.1 Å². The lowest BCUT2D eigenvalue weighted by molar-refractivity contribution is -0.179.